The molecule has 1 saturated heterocycles. The number of nitrogens with zero attached hydrogens (tertiary/aromatic N) is 5. The van der Waals surface area contributed by atoms with E-state index in [4.69, 9.17) is 4.74 Å². The first-order chi connectivity index (χ1) is 18.2. The molecule has 3 heterocycles. The second kappa shape index (κ2) is 13.8. The van der Waals surface area contributed by atoms with E-state index < -0.39 is 5.91 Å². The van der Waals surface area contributed by atoms with Gasteiger partial charge in [0.25, 0.3) is 11.8 Å². The summed E-state index contributed by atoms with van der Waals surface area (Å²) in [5.74, 6) is 0.203. The molecule has 0 unspecified atom stereocenters. The third-order valence-electron chi connectivity index (χ3n) is 5.44. The Morgan fingerprint density at radius 2 is 1.87 bits per heavy atom. The van der Waals surface area contributed by atoms with Crippen molar-refractivity contribution in [2.75, 3.05) is 39.0 Å². The van der Waals surface area contributed by atoms with Crippen molar-refractivity contribution in [3.63, 3.8) is 0 Å². The number of aldehydes is 1. The maximum Gasteiger partial charge on any atom is 0.272 e. The van der Waals surface area contributed by atoms with Crippen LogP contribution in [-0.4, -0.2) is 81.7 Å². The van der Waals surface area contributed by atoms with Gasteiger partial charge in [-0.3, -0.25) is 14.6 Å². The van der Waals surface area contributed by atoms with E-state index in [-0.39, 0.29) is 23.0 Å². The zero-order chi connectivity index (χ0) is 27.5. The number of carbonyl (C=O) groups is 3. The Balaban J connectivity index is 0.000000436. The maximum absolute atomic E-state index is 12.5. The summed E-state index contributed by atoms with van der Waals surface area (Å²) in [6.07, 6.45) is 8.06. The molecular formula is C27H32N6O5. The fraction of sp³-hybridized carbons (Fsp3) is 0.333. The van der Waals surface area contributed by atoms with Gasteiger partial charge in [0.05, 0.1) is 24.3 Å². The zero-order valence-electron chi connectivity index (χ0n) is 21.8. The normalized spacial score (nSPS) is 12.2. The predicted molar refractivity (Wildman–Crippen MR) is 142 cm³/mol. The molecule has 11 nitrogen and oxygen atoms in total. The Kier molecular flexibility index (Phi) is 10.2. The number of rotatable bonds is 9. The van der Waals surface area contributed by atoms with Gasteiger partial charge in [-0.05, 0) is 64.7 Å². The van der Waals surface area contributed by atoms with Crippen molar-refractivity contribution >= 4 is 23.9 Å². The molecule has 0 atom stereocenters. The fourth-order valence-electron chi connectivity index (χ4n) is 3.29. The Morgan fingerprint density at radius 1 is 1.08 bits per heavy atom. The summed E-state index contributed by atoms with van der Waals surface area (Å²) in [6.45, 7) is 4.31. The van der Waals surface area contributed by atoms with Crippen LogP contribution >= 0.6 is 0 Å². The van der Waals surface area contributed by atoms with Gasteiger partial charge in [0.1, 0.15) is 29.2 Å². The van der Waals surface area contributed by atoms with Crippen LogP contribution in [0.15, 0.2) is 48.9 Å². The molecule has 2 aromatic heterocycles. The van der Waals surface area contributed by atoms with E-state index in [1.165, 1.54) is 36.8 Å². The summed E-state index contributed by atoms with van der Waals surface area (Å²) < 4.78 is 5.70. The molecule has 4 rings (SSSR count). The molecule has 3 aromatic rings. The lowest BCUT2D eigenvalue weighted by atomic mass is 10.2. The number of ether oxygens (including phenoxy) is 1. The van der Waals surface area contributed by atoms with Crippen molar-refractivity contribution in [3.05, 3.63) is 65.9 Å². The second-order valence-corrected chi connectivity index (χ2v) is 8.95. The van der Waals surface area contributed by atoms with Gasteiger partial charge < -0.3 is 29.8 Å². The van der Waals surface area contributed by atoms with E-state index in [1.54, 1.807) is 24.0 Å². The second-order valence-electron chi connectivity index (χ2n) is 8.95. The number of carbonyl (C=O) groups excluding carboxylic acids is 3. The minimum atomic E-state index is -0.470. The number of phenolic OH excluding ortho intramolecular Hbond substituents is 1. The molecule has 0 spiro atoms. The molecular weight excluding hydrogens is 488 g/mol. The molecule has 0 aliphatic carbocycles. The summed E-state index contributed by atoms with van der Waals surface area (Å²) in [7, 11) is 4.01. The highest BCUT2D eigenvalue weighted by atomic mass is 16.5. The van der Waals surface area contributed by atoms with Gasteiger partial charge >= 0.3 is 0 Å². The summed E-state index contributed by atoms with van der Waals surface area (Å²) in [5, 5.41) is 12.6. The molecule has 38 heavy (non-hydrogen) atoms. The average Bonchev–Trinajstić information content (AvgIpc) is 2.85. The molecule has 0 bridgehead atoms. The average molecular weight is 521 g/mol. The lowest BCUT2D eigenvalue weighted by Gasteiger charge is -2.30. The first-order valence-corrected chi connectivity index (χ1v) is 12.2. The van der Waals surface area contributed by atoms with Crippen molar-refractivity contribution in [2.45, 2.75) is 26.2 Å². The van der Waals surface area contributed by atoms with E-state index in [2.05, 4.69) is 25.2 Å². The Hall–Kier alpha value is -4.38. The van der Waals surface area contributed by atoms with Gasteiger partial charge in [-0.15, -0.1) is 0 Å². The molecule has 1 aliphatic heterocycles. The van der Waals surface area contributed by atoms with Crippen LogP contribution in [0, 0.1) is 6.92 Å². The molecule has 2 amide bonds. The Labute approximate surface area is 221 Å². The minimum absolute atomic E-state index is 0.108. The quantitative estimate of drug-likeness (QED) is 0.321. The van der Waals surface area contributed by atoms with Crippen molar-refractivity contribution in [2.24, 2.45) is 0 Å². The molecule has 1 aromatic carbocycles. The molecule has 0 radical (unpaired) electrons. The summed E-state index contributed by atoms with van der Waals surface area (Å²) in [4.78, 5) is 50.5. The van der Waals surface area contributed by atoms with E-state index in [0.717, 1.165) is 44.5 Å². The number of benzene rings is 1. The Morgan fingerprint density at radius 3 is 2.45 bits per heavy atom. The highest BCUT2D eigenvalue weighted by molar-refractivity contribution is 6.04. The number of aryl methyl sites for hydroxylation is 1. The van der Waals surface area contributed by atoms with Crippen LogP contribution in [0.1, 0.15) is 45.8 Å². The predicted octanol–water partition coefficient (Wildman–Crippen LogP) is 3.30. The van der Waals surface area contributed by atoms with Crippen molar-refractivity contribution in [1.29, 1.82) is 0 Å². The van der Waals surface area contributed by atoms with E-state index in [1.807, 2.05) is 14.1 Å². The van der Waals surface area contributed by atoms with Gasteiger partial charge in [0, 0.05) is 31.1 Å². The maximum atomic E-state index is 12.5. The molecule has 2 N–H and O–H groups in total. The number of hydrogen-bond donors (Lipinski definition) is 2. The molecule has 1 fully saturated rings. The lowest BCUT2D eigenvalue weighted by Crippen LogP contribution is -2.42. The number of anilines is 1. The van der Waals surface area contributed by atoms with Gasteiger partial charge in [-0.25, -0.2) is 9.97 Å². The number of aromatic hydroxyl groups is 1. The highest BCUT2D eigenvalue weighted by Crippen LogP contribution is 2.27. The minimum Gasteiger partial charge on any atom is -0.508 e. The highest BCUT2D eigenvalue weighted by Gasteiger charge is 2.22. The van der Waals surface area contributed by atoms with Gasteiger partial charge in [-0.1, -0.05) is 0 Å². The number of aromatic nitrogens is 3. The summed E-state index contributed by atoms with van der Waals surface area (Å²) in [5.41, 5.74) is 1.26. The monoisotopic (exact) mass is 520 g/mol. The number of nitrogens with one attached hydrogen (secondary N) is 1. The van der Waals surface area contributed by atoms with Crippen LogP contribution in [-0.2, 0) is 4.79 Å². The van der Waals surface area contributed by atoms with E-state index >= 15 is 0 Å². The zero-order valence-corrected chi connectivity index (χ0v) is 21.8. The van der Waals surface area contributed by atoms with Crippen molar-refractivity contribution < 1.29 is 24.2 Å². The molecule has 200 valence electrons. The smallest absolute Gasteiger partial charge is 0.272 e. The number of likely N-dealkylation sites (tertiary alicyclic amines) is 1. The summed E-state index contributed by atoms with van der Waals surface area (Å²) >= 11 is 0. The van der Waals surface area contributed by atoms with Crippen molar-refractivity contribution in [1.82, 2.24) is 24.8 Å². The van der Waals surface area contributed by atoms with E-state index in [9.17, 15) is 19.5 Å². The van der Waals surface area contributed by atoms with Gasteiger partial charge in [0.2, 0.25) is 0 Å². The number of pyridine rings is 1. The largest absolute Gasteiger partial charge is 0.508 e. The first kappa shape index (κ1) is 28.2. The molecule has 11 heteroatoms. The Bertz CT molecular complexity index is 1230. The number of amides is 2. The van der Waals surface area contributed by atoms with Crippen molar-refractivity contribution in [3.8, 4) is 17.2 Å². The van der Waals surface area contributed by atoms with Crippen LogP contribution in [0.25, 0.3) is 0 Å². The van der Waals surface area contributed by atoms with Gasteiger partial charge in [-0.2, -0.15) is 0 Å². The standard InChI is InChI=1S/C21H19N5O4.C6H13NO/c1-13-10-24-19(12-22-13)25-20(28)14-7-15(27)9-17(8-14)30-16-3-4-18(23-11-16)21(29)26-5-2-6-26;1-7(2)5-3-4-6-8/h3-4,7-12,27H,2,5-6H2,1H3,(H,24,25,28);6H,3-5H2,1-2H3. The molecule has 0 saturated carbocycles. The molecule has 1 aliphatic rings. The van der Waals surface area contributed by atoms with Crippen LogP contribution in [0.5, 0.6) is 17.2 Å². The SMILES string of the molecule is CN(C)CCCC=O.Cc1cnc(NC(=O)c2cc(O)cc(Oc3ccc(C(=O)N4CCC4)nc3)c2)cn1. The van der Waals surface area contributed by atoms with Crippen LogP contribution < -0.4 is 10.1 Å². The number of hydrogen-bond acceptors (Lipinski definition) is 9. The third-order valence-corrected chi connectivity index (χ3v) is 5.44. The van der Waals surface area contributed by atoms with Crippen LogP contribution in [0.2, 0.25) is 0 Å². The van der Waals surface area contributed by atoms with E-state index in [0.29, 0.717) is 23.7 Å². The lowest BCUT2D eigenvalue weighted by molar-refractivity contribution is -0.107. The summed E-state index contributed by atoms with van der Waals surface area (Å²) in [6, 6.07) is 7.38. The van der Waals surface area contributed by atoms with Gasteiger partial charge in [0.15, 0.2) is 5.82 Å². The number of unbranched alkanes of at least 4 members (excludes halogenated alkanes) is 1. The first-order valence-electron chi connectivity index (χ1n) is 12.2. The van der Waals surface area contributed by atoms with Crippen LogP contribution in [0.4, 0.5) is 5.82 Å². The third kappa shape index (κ3) is 8.63. The fourth-order valence-corrected chi connectivity index (χ4v) is 3.29. The number of phenols is 1. The topological polar surface area (TPSA) is 138 Å². The van der Waals surface area contributed by atoms with Crippen LogP contribution in [0.3, 0.4) is 0 Å².